The number of nitrogens with zero attached hydrogens (tertiary/aromatic N) is 3. The second-order valence-electron chi connectivity index (χ2n) is 8.34. The average Bonchev–Trinajstić information content (AvgIpc) is 2.89. The molecule has 0 spiro atoms. The molecule has 178 valence electrons. The maximum absolute atomic E-state index is 12.9. The van der Waals surface area contributed by atoms with Gasteiger partial charge in [-0.25, -0.2) is 0 Å². The molecule has 3 aromatic rings. The largest absolute Gasteiger partial charge is 0.493 e. The maximum Gasteiger partial charge on any atom is 0.225 e. The SMILES string of the molecule is COc1ccc(CNC(=O)[C@H]2CCCN(c3ccc(Sc4ccc(C)cc4)nn3)C2)cc1OC. The Hall–Kier alpha value is -3.26. The predicted molar refractivity (Wildman–Crippen MR) is 134 cm³/mol. The number of carbonyl (C=O) groups excluding carboxylic acids is 1. The van der Waals surface area contributed by atoms with Crippen LogP contribution in [0.1, 0.15) is 24.0 Å². The van der Waals surface area contributed by atoms with Crippen LogP contribution in [0.25, 0.3) is 0 Å². The lowest BCUT2D eigenvalue weighted by atomic mass is 9.97. The van der Waals surface area contributed by atoms with Crippen molar-refractivity contribution in [2.24, 2.45) is 5.92 Å². The minimum Gasteiger partial charge on any atom is -0.493 e. The van der Waals surface area contributed by atoms with Gasteiger partial charge < -0.3 is 19.7 Å². The topological polar surface area (TPSA) is 76.6 Å². The van der Waals surface area contributed by atoms with Gasteiger partial charge in [-0.15, -0.1) is 10.2 Å². The molecule has 34 heavy (non-hydrogen) atoms. The van der Waals surface area contributed by atoms with Crippen LogP contribution in [0, 0.1) is 12.8 Å². The molecule has 0 bridgehead atoms. The monoisotopic (exact) mass is 478 g/mol. The number of ether oxygens (including phenoxy) is 2. The molecule has 0 saturated carbocycles. The summed E-state index contributed by atoms with van der Waals surface area (Å²) in [6.07, 6.45) is 1.80. The Kier molecular flexibility index (Phi) is 7.90. The van der Waals surface area contributed by atoms with Gasteiger partial charge in [0.2, 0.25) is 5.91 Å². The van der Waals surface area contributed by atoms with Crippen molar-refractivity contribution < 1.29 is 14.3 Å². The van der Waals surface area contributed by atoms with Crippen molar-refractivity contribution in [3.63, 3.8) is 0 Å². The summed E-state index contributed by atoms with van der Waals surface area (Å²) in [6, 6.07) is 18.0. The van der Waals surface area contributed by atoms with Crippen molar-refractivity contribution in [2.75, 3.05) is 32.2 Å². The van der Waals surface area contributed by atoms with E-state index in [1.165, 1.54) is 5.56 Å². The van der Waals surface area contributed by atoms with Crippen molar-refractivity contribution >= 4 is 23.5 Å². The highest BCUT2D eigenvalue weighted by molar-refractivity contribution is 7.99. The van der Waals surface area contributed by atoms with E-state index in [4.69, 9.17) is 9.47 Å². The van der Waals surface area contributed by atoms with E-state index in [1.807, 2.05) is 30.3 Å². The minimum atomic E-state index is -0.0858. The van der Waals surface area contributed by atoms with Crippen molar-refractivity contribution in [1.29, 1.82) is 0 Å². The zero-order valence-electron chi connectivity index (χ0n) is 19.8. The number of aryl methyl sites for hydroxylation is 1. The first kappa shape index (κ1) is 23.9. The van der Waals surface area contributed by atoms with Crippen LogP contribution in [0.5, 0.6) is 11.5 Å². The van der Waals surface area contributed by atoms with Crippen molar-refractivity contribution in [3.8, 4) is 11.5 Å². The predicted octanol–water partition coefficient (Wildman–Crippen LogP) is 4.49. The van der Waals surface area contributed by atoms with Gasteiger partial charge in [-0.3, -0.25) is 4.79 Å². The lowest BCUT2D eigenvalue weighted by Crippen LogP contribution is -2.43. The Bertz CT molecular complexity index is 1110. The van der Waals surface area contributed by atoms with Crippen molar-refractivity contribution in [3.05, 3.63) is 65.7 Å². The first-order valence-electron chi connectivity index (χ1n) is 11.4. The molecule has 8 heteroatoms. The lowest BCUT2D eigenvalue weighted by molar-refractivity contribution is -0.125. The van der Waals surface area contributed by atoms with Crippen molar-refractivity contribution in [2.45, 2.75) is 36.2 Å². The fourth-order valence-corrected chi connectivity index (χ4v) is 4.72. The number of anilines is 1. The van der Waals surface area contributed by atoms with Crippen LogP contribution in [0.4, 0.5) is 5.82 Å². The minimum absolute atomic E-state index is 0.0546. The molecular formula is C26H30N4O3S. The molecule has 2 aromatic carbocycles. The Morgan fingerprint density at radius 1 is 1.06 bits per heavy atom. The molecule has 1 fully saturated rings. The molecule has 2 heterocycles. The zero-order valence-corrected chi connectivity index (χ0v) is 20.6. The van der Waals surface area contributed by atoms with Gasteiger partial charge >= 0.3 is 0 Å². The van der Waals surface area contributed by atoms with Gasteiger partial charge in [0.15, 0.2) is 17.3 Å². The van der Waals surface area contributed by atoms with Crippen LogP contribution in [0.3, 0.4) is 0 Å². The summed E-state index contributed by atoms with van der Waals surface area (Å²) < 4.78 is 10.6. The Labute approximate surface area is 204 Å². The molecule has 4 rings (SSSR count). The standard InChI is InChI=1S/C26H30N4O3S/c1-18-6-9-21(10-7-18)34-25-13-12-24(28-29-25)30-14-4-5-20(17-30)26(31)27-16-19-8-11-22(32-2)23(15-19)33-3/h6-13,15,20H,4-5,14,16-17H2,1-3H3,(H,27,31)/t20-/m0/s1. The summed E-state index contributed by atoms with van der Waals surface area (Å²) in [4.78, 5) is 16.2. The van der Waals surface area contributed by atoms with E-state index in [-0.39, 0.29) is 11.8 Å². The van der Waals surface area contributed by atoms with Gasteiger partial charge in [-0.2, -0.15) is 0 Å². The van der Waals surface area contributed by atoms with Crippen LogP contribution in [-0.4, -0.2) is 43.4 Å². The molecule has 1 aliphatic rings. The first-order chi connectivity index (χ1) is 16.6. The van der Waals surface area contributed by atoms with E-state index in [2.05, 4.69) is 51.6 Å². The Morgan fingerprint density at radius 2 is 1.85 bits per heavy atom. The number of rotatable bonds is 8. The smallest absolute Gasteiger partial charge is 0.225 e. The normalized spacial score (nSPS) is 15.6. The second kappa shape index (κ2) is 11.2. The highest BCUT2D eigenvalue weighted by atomic mass is 32.2. The fourth-order valence-electron chi connectivity index (χ4n) is 3.99. The molecule has 1 aromatic heterocycles. The second-order valence-corrected chi connectivity index (χ2v) is 9.43. The van der Waals surface area contributed by atoms with Gasteiger partial charge in [0.1, 0.15) is 5.03 Å². The van der Waals surface area contributed by atoms with Gasteiger partial charge in [0.25, 0.3) is 0 Å². The highest BCUT2D eigenvalue weighted by Crippen LogP contribution is 2.29. The summed E-state index contributed by atoms with van der Waals surface area (Å²) in [5.41, 5.74) is 2.20. The summed E-state index contributed by atoms with van der Waals surface area (Å²) in [6.45, 7) is 4.03. The van der Waals surface area contributed by atoms with Crippen molar-refractivity contribution in [1.82, 2.24) is 15.5 Å². The van der Waals surface area contributed by atoms with E-state index in [0.29, 0.717) is 24.6 Å². The third-order valence-electron chi connectivity index (χ3n) is 5.90. The van der Waals surface area contributed by atoms with E-state index in [1.54, 1.807) is 26.0 Å². The van der Waals surface area contributed by atoms with Crippen LogP contribution < -0.4 is 19.7 Å². The molecule has 1 aliphatic heterocycles. The average molecular weight is 479 g/mol. The lowest BCUT2D eigenvalue weighted by Gasteiger charge is -2.32. The third-order valence-corrected chi connectivity index (χ3v) is 6.84. The molecule has 0 radical (unpaired) electrons. The molecule has 7 nitrogen and oxygen atoms in total. The van der Waals surface area contributed by atoms with Crippen LogP contribution in [0.2, 0.25) is 0 Å². The zero-order chi connectivity index (χ0) is 23.9. The summed E-state index contributed by atoms with van der Waals surface area (Å²) in [5.74, 6) is 2.10. The van der Waals surface area contributed by atoms with Gasteiger partial charge in [-0.05, 0) is 61.7 Å². The number of carbonyl (C=O) groups is 1. The number of amides is 1. The quantitative estimate of drug-likeness (QED) is 0.511. The molecule has 1 saturated heterocycles. The van der Waals surface area contributed by atoms with Crippen LogP contribution in [-0.2, 0) is 11.3 Å². The highest BCUT2D eigenvalue weighted by Gasteiger charge is 2.26. The number of methoxy groups -OCH3 is 2. The van der Waals surface area contributed by atoms with E-state index >= 15 is 0 Å². The van der Waals surface area contributed by atoms with Gasteiger partial charge in [0.05, 0.1) is 20.1 Å². The number of hydrogen-bond acceptors (Lipinski definition) is 7. The maximum atomic E-state index is 12.9. The number of hydrogen-bond donors (Lipinski definition) is 1. The summed E-state index contributed by atoms with van der Waals surface area (Å²) >= 11 is 1.59. The van der Waals surface area contributed by atoms with Crippen LogP contribution >= 0.6 is 11.8 Å². The van der Waals surface area contributed by atoms with Gasteiger partial charge in [-0.1, -0.05) is 35.5 Å². The summed E-state index contributed by atoms with van der Waals surface area (Å²) in [7, 11) is 3.21. The number of aromatic nitrogens is 2. The van der Waals surface area contributed by atoms with Crippen LogP contribution in [0.15, 0.2) is 64.5 Å². The Balaban J connectivity index is 1.32. The molecule has 1 amide bonds. The first-order valence-corrected chi connectivity index (χ1v) is 12.2. The number of benzene rings is 2. The summed E-state index contributed by atoms with van der Waals surface area (Å²) in [5, 5.41) is 12.8. The number of nitrogens with one attached hydrogen (secondary N) is 1. The Morgan fingerprint density at radius 3 is 2.56 bits per heavy atom. The molecular weight excluding hydrogens is 448 g/mol. The molecule has 0 aliphatic carbocycles. The fraction of sp³-hybridized carbons (Fsp3) is 0.346. The number of piperidine rings is 1. The molecule has 1 atom stereocenters. The van der Waals surface area contributed by atoms with E-state index in [0.717, 1.165) is 40.7 Å². The van der Waals surface area contributed by atoms with E-state index < -0.39 is 0 Å². The third kappa shape index (κ3) is 5.99. The van der Waals surface area contributed by atoms with E-state index in [9.17, 15) is 4.79 Å². The van der Waals surface area contributed by atoms with Gasteiger partial charge in [0, 0.05) is 24.5 Å². The molecule has 1 N–H and O–H groups in total. The molecule has 0 unspecified atom stereocenters.